The molecule has 2 aliphatic rings. The minimum atomic E-state index is -0.497. The van der Waals surface area contributed by atoms with Gasteiger partial charge in [-0.05, 0) is 24.6 Å². The third-order valence-electron chi connectivity index (χ3n) is 4.23. The summed E-state index contributed by atoms with van der Waals surface area (Å²) in [7, 11) is 1.56. The molecule has 1 aromatic carbocycles. The molecule has 1 aromatic rings. The maximum Gasteiger partial charge on any atom is 0.321 e. The van der Waals surface area contributed by atoms with Gasteiger partial charge in [-0.25, -0.2) is 4.79 Å². The first-order valence-electron chi connectivity index (χ1n) is 7.79. The zero-order chi connectivity index (χ0) is 16.3. The number of hydrogen-bond acceptors (Lipinski definition) is 4. The van der Waals surface area contributed by atoms with Gasteiger partial charge in [0.1, 0.15) is 5.75 Å². The standard InChI is InChI=1S/C16H21ClN2O4/c1-21-14-4-3-12(17)11-13(14)18-15(20)19-7-5-16(6-8-19)22-9-2-10-23-16/h3-4,11H,2,5-10H2,1H3,(H,18,20). The highest BCUT2D eigenvalue weighted by atomic mass is 35.5. The van der Waals surface area contributed by atoms with Crippen molar-refractivity contribution in [2.45, 2.75) is 25.0 Å². The first-order chi connectivity index (χ1) is 11.1. The van der Waals surface area contributed by atoms with E-state index in [0.717, 1.165) is 19.6 Å². The Labute approximate surface area is 140 Å². The molecule has 0 atom stereocenters. The molecule has 2 amide bonds. The summed E-state index contributed by atoms with van der Waals surface area (Å²) in [4.78, 5) is 14.2. The number of amides is 2. The van der Waals surface area contributed by atoms with E-state index >= 15 is 0 Å². The minimum Gasteiger partial charge on any atom is -0.495 e. The van der Waals surface area contributed by atoms with E-state index in [4.69, 9.17) is 25.8 Å². The van der Waals surface area contributed by atoms with Crippen LogP contribution in [-0.2, 0) is 9.47 Å². The number of halogens is 1. The summed E-state index contributed by atoms with van der Waals surface area (Å²) in [5.41, 5.74) is 0.565. The third kappa shape index (κ3) is 3.71. The molecule has 0 saturated carbocycles. The Morgan fingerprint density at radius 3 is 2.65 bits per heavy atom. The molecule has 7 heteroatoms. The highest BCUT2D eigenvalue weighted by Crippen LogP contribution is 2.32. The maximum absolute atomic E-state index is 12.5. The quantitative estimate of drug-likeness (QED) is 0.898. The van der Waals surface area contributed by atoms with Gasteiger partial charge in [-0.15, -0.1) is 0 Å². The fraction of sp³-hybridized carbons (Fsp3) is 0.562. The normalized spacial score (nSPS) is 20.3. The molecular formula is C16H21ClN2O4. The Morgan fingerprint density at radius 2 is 2.00 bits per heavy atom. The molecule has 0 radical (unpaired) electrons. The van der Waals surface area contributed by atoms with Crippen LogP contribution in [0.5, 0.6) is 5.75 Å². The van der Waals surface area contributed by atoms with Gasteiger partial charge in [0.15, 0.2) is 5.79 Å². The van der Waals surface area contributed by atoms with Gasteiger partial charge in [0.05, 0.1) is 26.0 Å². The van der Waals surface area contributed by atoms with Crippen molar-refractivity contribution in [2.75, 3.05) is 38.7 Å². The Bertz CT molecular complexity index is 565. The molecular weight excluding hydrogens is 320 g/mol. The van der Waals surface area contributed by atoms with Crippen molar-refractivity contribution in [1.29, 1.82) is 0 Å². The van der Waals surface area contributed by atoms with Crippen molar-refractivity contribution < 1.29 is 19.0 Å². The number of hydrogen-bond donors (Lipinski definition) is 1. The van der Waals surface area contributed by atoms with Crippen LogP contribution in [0.25, 0.3) is 0 Å². The van der Waals surface area contributed by atoms with Gasteiger partial charge in [0.2, 0.25) is 0 Å². The van der Waals surface area contributed by atoms with E-state index in [1.165, 1.54) is 0 Å². The molecule has 1 N–H and O–H groups in total. The largest absolute Gasteiger partial charge is 0.495 e. The fourth-order valence-corrected chi connectivity index (χ4v) is 3.10. The monoisotopic (exact) mass is 340 g/mol. The zero-order valence-corrected chi connectivity index (χ0v) is 13.9. The molecule has 0 aromatic heterocycles. The molecule has 2 aliphatic heterocycles. The molecule has 0 aliphatic carbocycles. The van der Waals surface area contributed by atoms with Crippen LogP contribution in [0.3, 0.4) is 0 Å². The van der Waals surface area contributed by atoms with Crippen LogP contribution in [0.2, 0.25) is 5.02 Å². The number of carbonyl (C=O) groups is 1. The number of carbonyl (C=O) groups excluding carboxylic acids is 1. The summed E-state index contributed by atoms with van der Waals surface area (Å²) in [6.07, 6.45) is 2.31. The summed E-state index contributed by atoms with van der Waals surface area (Å²) in [5, 5.41) is 3.40. The molecule has 0 unspecified atom stereocenters. The first kappa shape index (κ1) is 16.4. The lowest BCUT2D eigenvalue weighted by molar-refractivity contribution is -0.281. The van der Waals surface area contributed by atoms with Crippen LogP contribution in [-0.4, -0.2) is 50.1 Å². The van der Waals surface area contributed by atoms with Gasteiger partial charge in [-0.1, -0.05) is 11.6 Å². The number of methoxy groups -OCH3 is 1. The molecule has 6 nitrogen and oxygen atoms in total. The predicted octanol–water partition coefficient (Wildman–Crippen LogP) is 3.11. The number of nitrogens with one attached hydrogen (secondary N) is 1. The maximum atomic E-state index is 12.5. The fourth-order valence-electron chi connectivity index (χ4n) is 2.93. The highest BCUT2D eigenvalue weighted by Gasteiger charge is 2.39. The molecule has 3 rings (SSSR count). The number of urea groups is 1. The number of anilines is 1. The Morgan fingerprint density at radius 1 is 1.30 bits per heavy atom. The molecule has 126 valence electrons. The van der Waals surface area contributed by atoms with Crippen LogP contribution >= 0.6 is 11.6 Å². The van der Waals surface area contributed by atoms with Gasteiger partial charge in [-0.2, -0.15) is 0 Å². The lowest BCUT2D eigenvalue weighted by Crippen LogP contribution is -2.52. The lowest BCUT2D eigenvalue weighted by atomic mass is 10.0. The van der Waals surface area contributed by atoms with Crippen molar-refractivity contribution in [3.05, 3.63) is 23.2 Å². The second kappa shape index (κ2) is 6.95. The number of piperidine rings is 1. The van der Waals surface area contributed by atoms with Crippen molar-refractivity contribution >= 4 is 23.3 Å². The molecule has 1 spiro atoms. The molecule has 2 heterocycles. The minimum absolute atomic E-state index is 0.170. The van der Waals surface area contributed by atoms with E-state index in [1.807, 2.05) is 0 Å². The number of benzene rings is 1. The third-order valence-corrected chi connectivity index (χ3v) is 4.47. The van der Waals surface area contributed by atoms with Gasteiger partial charge >= 0.3 is 6.03 Å². The average Bonchev–Trinajstić information content (AvgIpc) is 2.56. The lowest BCUT2D eigenvalue weighted by Gasteiger charge is -2.43. The van der Waals surface area contributed by atoms with Crippen LogP contribution in [0.15, 0.2) is 18.2 Å². The summed E-state index contributed by atoms with van der Waals surface area (Å²) < 4.78 is 16.8. The van der Waals surface area contributed by atoms with E-state index in [0.29, 0.717) is 42.4 Å². The van der Waals surface area contributed by atoms with Gasteiger partial charge in [0.25, 0.3) is 0 Å². The molecule has 2 saturated heterocycles. The predicted molar refractivity (Wildman–Crippen MR) is 87.1 cm³/mol. The molecule has 23 heavy (non-hydrogen) atoms. The van der Waals surface area contributed by atoms with E-state index in [2.05, 4.69) is 5.32 Å². The average molecular weight is 341 g/mol. The van der Waals surface area contributed by atoms with E-state index in [9.17, 15) is 4.79 Å². The van der Waals surface area contributed by atoms with Gasteiger partial charge in [0, 0.05) is 31.0 Å². The van der Waals surface area contributed by atoms with Crippen LogP contribution < -0.4 is 10.1 Å². The molecule has 0 bridgehead atoms. The van der Waals surface area contributed by atoms with Crippen molar-refractivity contribution in [3.63, 3.8) is 0 Å². The number of rotatable bonds is 2. The molecule has 2 fully saturated rings. The summed E-state index contributed by atoms with van der Waals surface area (Å²) in [6, 6.07) is 4.96. The summed E-state index contributed by atoms with van der Waals surface area (Å²) in [5.74, 6) is 0.0816. The van der Waals surface area contributed by atoms with Gasteiger partial charge < -0.3 is 24.4 Å². The Balaban J connectivity index is 1.60. The number of likely N-dealkylation sites (tertiary alicyclic amines) is 1. The number of ether oxygens (including phenoxy) is 3. The Hall–Kier alpha value is -1.50. The van der Waals surface area contributed by atoms with Crippen molar-refractivity contribution in [1.82, 2.24) is 4.90 Å². The zero-order valence-electron chi connectivity index (χ0n) is 13.1. The first-order valence-corrected chi connectivity index (χ1v) is 8.17. The smallest absolute Gasteiger partial charge is 0.321 e. The van der Waals surface area contributed by atoms with Gasteiger partial charge in [-0.3, -0.25) is 0 Å². The summed E-state index contributed by atoms with van der Waals surface area (Å²) in [6.45, 7) is 2.64. The topological polar surface area (TPSA) is 60.0 Å². The van der Waals surface area contributed by atoms with Crippen LogP contribution in [0, 0.1) is 0 Å². The second-order valence-electron chi connectivity index (χ2n) is 5.72. The van der Waals surface area contributed by atoms with Crippen molar-refractivity contribution in [2.24, 2.45) is 0 Å². The number of nitrogens with zero attached hydrogens (tertiary/aromatic N) is 1. The summed E-state index contributed by atoms with van der Waals surface area (Å²) >= 11 is 5.99. The second-order valence-corrected chi connectivity index (χ2v) is 6.16. The SMILES string of the molecule is COc1ccc(Cl)cc1NC(=O)N1CCC2(CC1)OCCCO2. The van der Waals surface area contributed by atoms with E-state index in [1.54, 1.807) is 30.2 Å². The highest BCUT2D eigenvalue weighted by molar-refractivity contribution is 6.31. The van der Waals surface area contributed by atoms with Crippen LogP contribution in [0.4, 0.5) is 10.5 Å². The Kier molecular flexibility index (Phi) is 4.94. The van der Waals surface area contributed by atoms with Crippen LogP contribution in [0.1, 0.15) is 19.3 Å². The van der Waals surface area contributed by atoms with Crippen molar-refractivity contribution in [3.8, 4) is 5.75 Å². The van der Waals surface area contributed by atoms with E-state index < -0.39 is 5.79 Å². The van der Waals surface area contributed by atoms with E-state index in [-0.39, 0.29) is 6.03 Å².